The molecule has 1 atom stereocenters. The molecule has 1 fully saturated rings. The molecule has 0 saturated heterocycles. The molecule has 170 valence electrons. The predicted molar refractivity (Wildman–Crippen MR) is 133 cm³/mol. The molecular weight excluding hydrogens is 410 g/mol. The van der Waals surface area contributed by atoms with Gasteiger partial charge in [0.25, 0.3) is 5.91 Å². The van der Waals surface area contributed by atoms with Crippen LogP contribution in [-0.4, -0.2) is 26.5 Å². The second kappa shape index (κ2) is 9.22. The fraction of sp³-hybridized carbons (Fsp3) is 0.370. The molecule has 0 aliphatic heterocycles. The van der Waals surface area contributed by atoms with E-state index in [9.17, 15) is 4.79 Å². The van der Waals surface area contributed by atoms with Crippen molar-refractivity contribution in [2.45, 2.75) is 64.0 Å². The predicted octanol–water partition coefficient (Wildman–Crippen LogP) is 5.42. The first-order chi connectivity index (χ1) is 16.1. The first-order valence-corrected chi connectivity index (χ1v) is 12.0. The van der Waals surface area contributed by atoms with E-state index in [-0.39, 0.29) is 18.0 Å². The summed E-state index contributed by atoms with van der Waals surface area (Å²) in [6, 6.07) is 18.4. The number of benzene rings is 2. The number of aromatic nitrogens is 3. The van der Waals surface area contributed by atoms with Crippen molar-refractivity contribution in [3.8, 4) is 0 Å². The van der Waals surface area contributed by atoms with Crippen LogP contribution in [0.5, 0.6) is 0 Å². The number of hydrogen-bond donors (Lipinski definition) is 2. The van der Waals surface area contributed by atoms with E-state index in [4.69, 9.17) is 15.7 Å². The van der Waals surface area contributed by atoms with Crippen molar-refractivity contribution in [2.75, 3.05) is 5.73 Å². The van der Waals surface area contributed by atoms with Gasteiger partial charge in [-0.05, 0) is 50.3 Å². The quantitative estimate of drug-likeness (QED) is 0.418. The van der Waals surface area contributed by atoms with Gasteiger partial charge in [0.05, 0.1) is 11.0 Å². The SMILES string of the molecule is C[C@H](CCc1ccccc1)NC(=O)c1c(N)n(C2CCCCC2)c2nc3ccccc3nc12. The lowest BCUT2D eigenvalue weighted by Gasteiger charge is -2.25. The van der Waals surface area contributed by atoms with Gasteiger partial charge in [-0.15, -0.1) is 0 Å². The van der Waals surface area contributed by atoms with Gasteiger partial charge in [0.2, 0.25) is 0 Å². The standard InChI is InChI=1S/C27H31N5O/c1-18(16-17-19-10-4-2-5-11-19)29-27(33)23-24-26(31-22-15-9-8-14-21(22)30-24)32(25(23)28)20-12-6-3-7-13-20/h2,4-5,8-11,14-15,18,20H,3,6-7,12-13,16-17,28H2,1H3,(H,29,33)/t18-/m1/s1. The molecule has 1 saturated carbocycles. The fourth-order valence-electron chi connectivity index (χ4n) is 5.01. The van der Waals surface area contributed by atoms with E-state index < -0.39 is 0 Å². The Hall–Kier alpha value is -3.41. The van der Waals surface area contributed by atoms with Crippen molar-refractivity contribution >= 4 is 33.9 Å². The highest BCUT2D eigenvalue weighted by Gasteiger charge is 2.28. The van der Waals surface area contributed by atoms with Crippen LogP contribution in [0.2, 0.25) is 0 Å². The average Bonchev–Trinajstić information content (AvgIpc) is 3.13. The Morgan fingerprint density at radius 3 is 2.42 bits per heavy atom. The Labute approximate surface area is 194 Å². The van der Waals surface area contributed by atoms with Crippen molar-refractivity contribution < 1.29 is 4.79 Å². The van der Waals surface area contributed by atoms with Crippen LogP contribution in [-0.2, 0) is 6.42 Å². The van der Waals surface area contributed by atoms with Gasteiger partial charge < -0.3 is 15.6 Å². The third kappa shape index (κ3) is 4.30. The summed E-state index contributed by atoms with van der Waals surface area (Å²) in [4.78, 5) is 23.2. The number of hydrogen-bond acceptors (Lipinski definition) is 4. The molecule has 2 aromatic heterocycles. The summed E-state index contributed by atoms with van der Waals surface area (Å²) in [5.41, 5.74) is 11.3. The minimum Gasteiger partial charge on any atom is -0.384 e. The lowest BCUT2D eigenvalue weighted by molar-refractivity contribution is 0.0940. The van der Waals surface area contributed by atoms with Gasteiger partial charge in [0.15, 0.2) is 5.65 Å². The van der Waals surface area contributed by atoms with Gasteiger partial charge in [0, 0.05) is 12.1 Å². The molecule has 6 heteroatoms. The Bertz CT molecular complexity index is 1270. The van der Waals surface area contributed by atoms with Crippen molar-refractivity contribution in [3.05, 3.63) is 65.7 Å². The van der Waals surface area contributed by atoms with Crippen LogP contribution < -0.4 is 11.1 Å². The molecule has 0 unspecified atom stereocenters. The molecule has 4 aromatic rings. The highest BCUT2D eigenvalue weighted by molar-refractivity contribution is 6.10. The maximum absolute atomic E-state index is 13.5. The molecule has 0 spiro atoms. The lowest BCUT2D eigenvalue weighted by atomic mass is 9.95. The maximum atomic E-state index is 13.5. The summed E-state index contributed by atoms with van der Waals surface area (Å²) >= 11 is 0. The van der Waals surface area contributed by atoms with Crippen LogP contribution in [0.1, 0.15) is 67.4 Å². The van der Waals surface area contributed by atoms with Crippen molar-refractivity contribution in [1.29, 1.82) is 0 Å². The molecule has 1 amide bonds. The van der Waals surface area contributed by atoms with E-state index in [2.05, 4.69) is 22.0 Å². The Morgan fingerprint density at radius 2 is 1.70 bits per heavy atom. The number of rotatable bonds is 6. The molecule has 1 aliphatic rings. The number of carbonyl (C=O) groups excluding carboxylic acids is 1. The van der Waals surface area contributed by atoms with Crippen molar-refractivity contribution in [3.63, 3.8) is 0 Å². The molecule has 5 rings (SSSR count). The summed E-state index contributed by atoms with van der Waals surface area (Å²) in [5, 5.41) is 3.16. The first-order valence-electron chi connectivity index (χ1n) is 12.0. The number of fused-ring (bicyclic) bond motifs is 2. The average molecular weight is 442 g/mol. The molecular formula is C27H31N5O. The first kappa shape index (κ1) is 21.4. The van der Waals surface area contributed by atoms with Gasteiger partial charge in [-0.25, -0.2) is 9.97 Å². The molecule has 3 N–H and O–H groups in total. The van der Waals surface area contributed by atoms with E-state index in [1.807, 2.05) is 49.4 Å². The summed E-state index contributed by atoms with van der Waals surface area (Å²) < 4.78 is 2.08. The smallest absolute Gasteiger partial charge is 0.257 e. The molecule has 2 aromatic carbocycles. The summed E-state index contributed by atoms with van der Waals surface area (Å²) in [5.74, 6) is 0.317. The van der Waals surface area contributed by atoms with Crippen LogP contribution >= 0.6 is 0 Å². The number of nitrogens with one attached hydrogen (secondary N) is 1. The molecule has 2 heterocycles. The Kier molecular flexibility index (Phi) is 5.99. The van der Waals surface area contributed by atoms with Crippen LogP contribution in [0, 0.1) is 0 Å². The zero-order valence-electron chi connectivity index (χ0n) is 19.1. The number of anilines is 1. The van der Waals surface area contributed by atoms with E-state index in [0.717, 1.165) is 42.4 Å². The Morgan fingerprint density at radius 1 is 1.03 bits per heavy atom. The van der Waals surface area contributed by atoms with Gasteiger partial charge in [0.1, 0.15) is 16.9 Å². The number of nitrogens with zero attached hydrogens (tertiary/aromatic N) is 3. The van der Waals surface area contributed by atoms with Gasteiger partial charge in [-0.1, -0.05) is 61.7 Å². The maximum Gasteiger partial charge on any atom is 0.257 e. The van der Waals surface area contributed by atoms with Gasteiger partial charge >= 0.3 is 0 Å². The number of nitrogens with two attached hydrogens (primary N) is 1. The molecule has 1 aliphatic carbocycles. The van der Waals surface area contributed by atoms with E-state index in [1.54, 1.807) is 0 Å². The highest BCUT2D eigenvalue weighted by Crippen LogP contribution is 2.37. The van der Waals surface area contributed by atoms with Crippen LogP contribution in [0.4, 0.5) is 5.82 Å². The fourth-order valence-corrected chi connectivity index (χ4v) is 5.01. The summed E-state index contributed by atoms with van der Waals surface area (Å²) in [6.45, 7) is 2.04. The highest BCUT2D eigenvalue weighted by atomic mass is 16.1. The molecule has 33 heavy (non-hydrogen) atoms. The number of aryl methyl sites for hydroxylation is 1. The van der Waals surface area contributed by atoms with E-state index in [1.165, 1.54) is 24.8 Å². The second-order valence-electron chi connectivity index (χ2n) is 9.21. The third-order valence-electron chi connectivity index (χ3n) is 6.79. The van der Waals surface area contributed by atoms with Crippen LogP contribution in [0.25, 0.3) is 22.2 Å². The normalized spacial score (nSPS) is 15.7. The zero-order valence-corrected chi connectivity index (χ0v) is 19.1. The van der Waals surface area contributed by atoms with Crippen LogP contribution in [0.15, 0.2) is 54.6 Å². The number of para-hydroxylation sites is 2. The number of carbonyl (C=O) groups is 1. The van der Waals surface area contributed by atoms with Gasteiger partial charge in [-0.2, -0.15) is 0 Å². The van der Waals surface area contributed by atoms with E-state index >= 15 is 0 Å². The van der Waals surface area contributed by atoms with E-state index in [0.29, 0.717) is 16.9 Å². The number of nitrogen functional groups attached to an aromatic ring is 1. The third-order valence-corrected chi connectivity index (χ3v) is 6.79. The summed E-state index contributed by atoms with van der Waals surface area (Å²) in [7, 11) is 0. The summed E-state index contributed by atoms with van der Waals surface area (Å²) in [6.07, 6.45) is 7.45. The van der Waals surface area contributed by atoms with Crippen molar-refractivity contribution in [2.24, 2.45) is 0 Å². The Balaban J connectivity index is 1.49. The lowest BCUT2D eigenvalue weighted by Crippen LogP contribution is -2.33. The number of amides is 1. The second-order valence-corrected chi connectivity index (χ2v) is 9.21. The zero-order chi connectivity index (χ0) is 22.8. The monoisotopic (exact) mass is 441 g/mol. The molecule has 6 nitrogen and oxygen atoms in total. The largest absolute Gasteiger partial charge is 0.384 e. The van der Waals surface area contributed by atoms with Gasteiger partial charge in [-0.3, -0.25) is 4.79 Å². The molecule has 0 radical (unpaired) electrons. The minimum absolute atomic E-state index is 0.0126. The minimum atomic E-state index is -0.169. The van der Waals surface area contributed by atoms with Crippen molar-refractivity contribution in [1.82, 2.24) is 19.9 Å². The topological polar surface area (TPSA) is 85.8 Å². The van der Waals surface area contributed by atoms with Crippen LogP contribution in [0.3, 0.4) is 0 Å². The molecule has 0 bridgehead atoms.